The highest BCUT2D eigenvalue weighted by molar-refractivity contribution is 6.27. The van der Waals surface area contributed by atoms with Gasteiger partial charge in [0.25, 0.3) is 5.56 Å². The molecule has 3 rings (SSSR count). The lowest BCUT2D eigenvalue weighted by Gasteiger charge is -2.25. The Morgan fingerprint density at radius 3 is 3.12 bits per heavy atom. The number of nitrogens with two attached hydrogens (primary N) is 1. The molecule has 1 saturated heterocycles. The number of alkyl halides is 2. The number of hydrogen-bond donors (Lipinski definition) is 4. The molecule has 1 fully saturated rings. The number of nitrogens with zero attached hydrogens (tertiary/aromatic N) is 3. The van der Waals surface area contributed by atoms with Crippen LogP contribution in [0.3, 0.4) is 0 Å². The average molecular weight is 360 g/mol. The Morgan fingerprint density at radius 1 is 1.71 bits per heavy atom. The van der Waals surface area contributed by atoms with Crippen molar-refractivity contribution in [3.05, 3.63) is 16.7 Å². The van der Waals surface area contributed by atoms with Crippen LogP contribution in [0.1, 0.15) is 8.97 Å². The molecule has 5 N–H and O–H groups in total. The van der Waals surface area contributed by atoms with Crippen molar-refractivity contribution in [2.75, 3.05) is 19.0 Å². The molecular weight excluding hydrogens is 345 g/mol. The van der Waals surface area contributed by atoms with Crippen LogP contribution in [0, 0.1) is 11.8 Å². The molecule has 0 bridgehead atoms. The summed E-state index contributed by atoms with van der Waals surface area (Å²) in [6.45, 7) is -4.06. The maximum Gasteiger partial charge on any atom is 0.280 e. The van der Waals surface area contributed by atoms with Crippen molar-refractivity contribution in [3.8, 4) is 11.8 Å². The number of nitrogens with one attached hydrogen (secondary N) is 1. The summed E-state index contributed by atoms with van der Waals surface area (Å²) >= 11 is 6.35. The van der Waals surface area contributed by atoms with E-state index in [9.17, 15) is 19.4 Å². The van der Waals surface area contributed by atoms with Crippen LogP contribution in [0.25, 0.3) is 11.2 Å². The molecule has 2 aromatic rings. The van der Waals surface area contributed by atoms with Gasteiger partial charge in [0.05, 0.1) is 15.6 Å². The van der Waals surface area contributed by atoms with E-state index in [1.54, 1.807) is 0 Å². The van der Waals surface area contributed by atoms with Crippen LogP contribution in [-0.2, 0) is 4.74 Å². The number of rotatable bonds is 2. The van der Waals surface area contributed by atoms with Gasteiger partial charge in [0.1, 0.15) is 18.9 Å². The minimum absolute atomic E-state index is 0.0744. The van der Waals surface area contributed by atoms with E-state index in [0.29, 0.717) is 0 Å². The van der Waals surface area contributed by atoms with Gasteiger partial charge in [-0.15, -0.1) is 0 Å². The number of aromatic nitrogens is 4. The Labute approximate surface area is 142 Å². The summed E-state index contributed by atoms with van der Waals surface area (Å²) in [7, 11) is 0. The van der Waals surface area contributed by atoms with Gasteiger partial charge in [-0.2, -0.15) is 4.98 Å². The maximum atomic E-state index is 12.5. The van der Waals surface area contributed by atoms with E-state index in [4.69, 9.17) is 24.8 Å². The van der Waals surface area contributed by atoms with Gasteiger partial charge in [-0.1, -0.05) is 23.4 Å². The molecule has 1 aliphatic rings. The number of fused-ring (bicyclic) bond motifs is 1. The van der Waals surface area contributed by atoms with Crippen LogP contribution < -0.4 is 11.3 Å². The molecule has 128 valence electrons. The number of imidazole rings is 1. The van der Waals surface area contributed by atoms with E-state index >= 15 is 0 Å². The standard InChI is InChI=1S/C13H13ClFN5O4/c14-13(2-1-3-15)8(22)6(4-21)24-11(13)20-5-17-7-9(20)18-12(16)19-10(7)23/h5-6,8,11,21-22H,3-4H2,(H3,16,18,19,23)/t6-,8+,11-,13?/m1/s1/i4D2. The van der Waals surface area contributed by atoms with E-state index in [0.717, 1.165) is 10.9 Å². The number of anilines is 1. The Morgan fingerprint density at radius 2 is 2.46 bits per heavy atom. The molecule has 1 unspecified atom stereocenters. The van der Waals surface area contributed by atoms with Crippen molar-refractivity contribution >= 4 is 28.7 Å². The molecular formula is C13H13ClFN5O4. The predicted molar refractivity (Wildman–Crippen MR) is 81.9 cm³/mol. The third-order valence-electron chi connectivity index (χ3n) is 3.53. The molecule has 11 heteroatoms. The van der Waals surface area contributed by atoms with E-state index < -0.39 is 42.1 Å². The van der Waals surface area contributed by atoms with E-state index in [1.807, 2.05) is 0 Å². The second-order valence-electron chi connectivity index (χ2n) is 4.96. The second kappa shape index (κ2) is 6.03. The zero-order valence-corrected chi connectivity index (χ0v) is 12.7. The summed E-state index contributed by atoms with van der Waals surface area (Å²) in [6, 6.07) is 0. The summed E-state index contributed by atoms with van der Waals surface area (Å²) in [6.07, 6.45) is -4.00. The van der Waals surface area contributed by atoms with Crippen LogP contribution >= 0.6 is 11.6 Å². The first-order valence-electron chi connectivity index (χ1n) is 7.62. The van der Waals surface area contributed by atoms with Crippen molar-refractivity contribution in [2.24, 2.45) is 0 Å². The van der Waals surface area contributed by atoms with Gasteiger partial charge in [-0.25, -0.2) is 9.37 Å². The van der Waals surface area contributed by atoms with E-state index in [1.165, 1.54) is 0 Å². The lowest BCUT2D eigenvalue weighted by molar-refractivity contribution is -0.0436. The second-order valence-corrected chi connectivity index (χ2v) is 5.59. The van der Waals surface area contributed by atoms with Crippen LogP contribution in [-0.4, -0.2) is 60.0 Å². The fourth-order valence-electron chi connectivity index (χ4n) is 2.47. The summed E-state index contributed by atoms with van der Waals surface area (Å²) in [5, 5.41) is 20.0. The van der Waals surface area contributed by atoms with Crippen molar-refractivity contribution in [2.45, 2.75) is 23.3 Å². The van der Waals surface area contributed by atoms with E-state index in [2.05, 4.69) is 26.8 Å². The van der Waals surface area contributed by atoms with Crippen molar-refractivity contribution < 1.29 is 22.1 Å². The molecule has 24 heavy (non-hydrogen) atoms. The smallest absolute Gasteiger partial charge is 0.280 e. The molecule has 0 aromatic carbocycles. The largest absolute Gasteiger partial charge is 0.394 e. The molecule has 4 atom stereocenters. The predicted octanol–water partition coefficient (Wildman–Crippen LogP) is -1.10. The van der Waals surface area contributed by atoms with Gasteiger partial charge >= 0.3 is 0 Å². The summed E-state index contributed by atoms with van der Waals surface area (Å²) in [5.74, 6) is 4.11. The normalized spacial score (nSPS) is 31.4. The zero-order valence-electron chi connectivity index (χ0n) is 13.9. The Balaban J connectivity index is 2.20. The number of H-pyrrole nitrogens is 1. The van der Waals surface area contributed by atoms with Gasteiger partial charge in [-0.05, 0) is 0 Å². The van der Waals surface area contributed by atoms with Crippen molar-refractivity contribution in [1.82, 2.24) is 19.5 Å². The van der Waals surface area contributed by atoms with Crippen LogP contribution in [0.15, 0.2) is 11.1 Å². The van der Waals surface area contributed by atoms with Crippen LogP contribution in [0.4, 0.5) is 10.3 Å². The minimum atomic E-state index is -2.98. The molecule has 1 aliphatic heterocycles. The van der Waals surface area contributed by atoms with Gasteiger partial charge in [0.15, 0.2) is 22.3 Å². The number of ether oxygens (including phenoxy) is 1. The monoisotopic (exact) mass is 359 g/mol. The van der Waals surface area contributed by atoms with Crippen LogP contribution in [0.2, 0.25) is 0 Å². The third kappa shape index (κ3) is 2.42. The summed E-state index contributed by atoms with van der Waals surface area (Å²) < 4.78 is 33.8. The molecule has 3 heterocycles. The molecule has 2 aromatic heterocycles. The topological polar surface area (TPSA) is 139 Å². The van der Waals surface area contributed by atoms with Gasteiger partial charge in [0, 0.05) is 0 Å². The fourth-order valence-corrected chi connectivity index (χ4v) is 2.80. The number of hydrogen-bond acceptors (Lipinski definition) is 7. The summed E-state index contributed by atoms with van der Waals surface area (Å²) in [5.41, 5.74) is 4.68. The average Bonchev–Trinajstić information content (AvgIpc) is 3.05. The molecule has 0 radical (unpaired) electrons. The lowest BCUT2D eigenvalue weighted by atomic mass is 9.99. The molecule has 0 saturated carbocycles. The minimum Gasteiger partial charge on any atom is -0.394 e. The first kappa shape index (κ1) is 14.2. The first-order chi connectivity index (χ1) is 12.1. The van der Waals surface area contributed by atoms with E-state index in [-0.39, 0.29) is 17.1 Å². The SMILES string of the molecule is [2H]C([2H])(O)[C@H]1O[C@@H](n2cnc3c(=O)[nH]c(N)nc32)C(Cl)(C#CCF)[C@H]1O. The number of nitrogen functional groups attached to an aromatic ring is 1. The number of aromatic amines is 1. The zero-order chi connectivity index (χ0) is 19.3. The van der Waals surface area contributed by atoms with Gasteiger partial charge < -0.3 is 20.7 Å². The highest BCUT2D eigenvalue weighted by Crippen LogP contribution is 2.43. The quantitative estimate of drug-likeness (QED) is 0.394. The third-order valence-corrected chi connectivity index (χ3v) is 4.03. The highest BCUT2D eigenvalue weighted by atomic mass is 35.5. The molecule has 0 spiro atoms. The number of aliphatic hydroxyl groups is 2. The Kier molecular flexibility index (Phi) is 3.56. The maximum absolute atomic E-state index is 12.5. The van der Waals surface area contributed by atoms with Crippen LogP contribution in [0.5, 0.6) is 0 Å². The fraction of sp³-hybridized carbons (Fsp3) is 0.462. The first-order valence-corrected chi connectivity index (χ1v) is 7.00. The van der Waals surface area contributed by atoms with Crippen molar-refractivity contribution in [1.29, 1.82) is 0 Å². The summed E-state index contributed by atoms with van der Waals surface area (Å²) in [4.78, 5) is 19.9. The van der Waals surface area contributed by atoms with Gasteiger partial charge in [0.2, 0.25) is 5.95 Å². The Hall–Kier alpha value is -2.19. The number of aliphatic hydroxyl groups excluding tert-OH is 1. The van der Waals surface area contributed by atoms with Gasteiger partial charge in [-0.3, -0.25) is 14.3 Å². The molecule has 9 nitrogen and oxygen atoms in total. The highest BCUT2D eigenvalue weighted by Gasteiger charge is 2.56. The Bertz CT molecular complexity index is 967. The van der Waals surface area contributed by atoms with Crippen molar-refractivity contribution in [3.63, 3.8) is 0 Å². The number of halogens is 2. The molecule has 0 amide bonds. The lowest BCUT2D eigenvalue weighted by Crippen LogP contribution is -2.41. The molecule has 0 aliphatic carbocycles.